The molecule has 0 bridgehead atoms. The van der Waals surface area contributed by atoms with E-state index in [-0.39, 0.29) is 24.0 Å². The molecule has 0 radical (unpaired) electrons. The summed E-state index contributed by atoms with van der Waals surface area (Å²) in [5, 5.41) is 4.21. The minimum Gasteiger partial charge on any atom is -0.459 e. The lowest BCUT2D eigenvalue weighted by molar-refractivity contribution is -0.133. The van der Waals surface area contributed by atoms with Crippen molar-refractivity contribution in [3.05, 3.63) is 35.6 Å². The first-order chi connectivity index (χ1) is 11.5. The van der Waals surface area contributed by atoms with E-state index in [0.29, 0.717) is 6.54 Å². The lowest BCUT2D eigenvalue weighted by Crippen LogP contribution is -2.39. The van der Waals surface area contributed by atoms with Crippen LogP contribution in [0.15, 0.2) is 28.7 Å². The molecule has 3 rings (SSSR count). The summed E-state index contributed by atoms with van der Waals surface area (Å²) in [7, 11) is 0. The highest BCUT2D eigenvalue weighted by Crippen LogP contribution is 2.33. The van der Waals surface area contributed by atoms with Crippen LogP contribution in [0.1, 0.15) is 44.1 Å². The highest BCUT2D eigenvalue weighted by atomic mass is 16.5. The lowest BCUT2D eigenvalue weighted by Gasteiger charge is -2.23. The van der Waals surface area contributed by atoms with Crippen LogP contribution in [-0.4, -0.2) is 24.7 Å². The maximum absolute atomic E-state index is 12.6. The Balaban J connectivity index is 1.82. The fourth-order valence-corrected chi connectivity index (χ4v) is 3.34. The quantitative estimate of drug-likeness (QED) is 0.883. The largest absolute Gasteiger partial charge is 0.459 e. The molecule has 1 unspecified atom stereocenters. The second-order valence-corrected chi connectivity index (χ2v) is 6.88. The van der Waals surface area contributed by atoms with Crippen molar-refractivity contribution in [2.24, 2.45) is 11.7 Å². The first-order valence-electron chi connectivity index (χ1n) is 8.65. The Morgan fingerprint density at radius 2 is 2.08 bits per heavy atom. The number of aryl methyl sites for hydroxylation is 1. The van der Waals surface area contributed by atoms with E-state index in [0.717, 1.165) is 35.1 Å². The molecular formula is C19H26N2O3. The number of hydrogen-bond donors (Lipinski definition) is 2. The lowest BCUT2D eigenvalue weighted by atomic mass is 9.98. The molecule has 1 aliphatic rings. The van der Waals surface area contributed by atoms with Crippen molar-refractivity contribution >= 4 is 16.9 Å². The number of benzene rings is 1. The van der Waals surface area contributed by atoms with Crippen molar-refractivity contribution in [2.45, 2.75) is 51.9 Å². The zero-order valence-electron chi connectivity index (χ0n) is 14.5. The van der Waals surface area contributed by atoms with Crippen molar-refractivity contribution < 1.29 is 13.9 Å². The number of hydrogen-bond acceptors (Lipinski definition) is 4. The number of carbonyl (C=O) groups is 1. The molecule has 2 aromatic rings. The molecule has 0 saturated carbocycles. The van der Waals surface area contributed by atoms with Crippen LogP contribution in [0.25, 0.3) is 11.0 Å². The second kappa shape index (κ2) is 6.95. The van der Waals surface area contributed by atoms with Gasteiger partial charge in [-0.1, -0.05) is 32.0 Å². The Labute approximate surface area is 142 Å². The zero-order chi connectivity index (χ0) is 17.3. The first kappa shape index (κ1) is 17.0. The molecule has 5 heteroatoms. The second-order valence-electron chi connectivity index (χ2n) is 6.88. The van der Waals surface area contributed by atoms with Crippen LogP contribution in [0.2, 0.25) is 0 Å². The fourth-order valence-electron chi connectivity index (χ4n) is 3.34. The van der Waals surface area contributed by atoms with Crippen LogP contribution in [0, 0.1) is 12.8 Å². The Hall–Kier alpha value is -1.85. The smallest absolute Gasteiger partial charge is 0.249 e. The Morgan fingerprint density at radius 1 is 1.33 bits per heavy atom. The van der Waals surface area contributed by atoms with E-state index in [4.69, 9.17) is 14.9 Å². The topological polar surface area (TPSA) is 77.5 Å². The van der Waals surface area contributed by atoms with Gasteiger partial charge in [-0.25, -0.2) is 0 Å². The molecule has 1 aliphatic heterocycles. The van der Waals surface area contributed by atoms with Gasteiger partial charge in [0.2, 0.25) is 5.91 Å². The molecule has 130 valence electrons. The Morgan fingerprint density at radius 3 is 2.71 bits per heavy atom. The summed E-state index contributed by atoms with van der Waals surface area (Å²) >= 11 is 0. The van der Waals surface area contributed by atoms with Crippen LogP contribution in [0.3, 0.4) is 0 Å². The average Bonchev–Trinajstić information content (AvgIpc) is 3.18. The minimum absolute atomic E-state index is 0.00816. The third-order valence-electron chi connectivity index (χ3n) is 4.79. The van der Waals surface area contributed by atoms with Crippen LogP contribution < -0.4 is 11.1 Å². The van der Waals surface area contributed by atoms with Gasteiger partial charge in [0.25, 0.3) is 0 Å². The predicted molar refractivity (Wildman–Crippen MR) is 93.6 cm³/mol. The monoisotopic (exact) mass is 330 g/mol. The molecule has 1 aromatic heterocycles. The fraction of sp³-hybridized carbons (Fsp3) is 0.526. The molecule has 3 atom stereocenters. The number of furan rings is 1. The molecule has 2 heterocycles. The highest BCUT2D eigenvalue weighted by Gasteiger charge is 2.33. The van der Waals surface area contributed by atoms with Gasteiger partial charge >= 0.3 is 0 Å². The number of ether oxygens (including phenoxy) is 1. The van der Waals surface area contributed by atoms with Gasteiger partial charge in [-0.3, -0.25) is 4.79 Å². The number of amides is 1. The maximum atomic E-state index is 12.6. The van der Waals surface area contributed by atoms with Gasteiger partial charge in [0.05, 0.1) is 12.1 Å². The summed E-state index contributed by atoms with van der Waals surface area (Å²) in [6, 6.07) is 7.78. The van der Waals surface area contributed by atoms with E-state index in [2.05, 4.69) is 19.2 Å². The van der Waals surface area contributed by atoms with Crippen molar-refractivity contribution in [1.82, 2.24) is 5.32 Å². The summed E-state index contributed by atoms with van der Waals surface area (Å²) in [4.78, 5) is 12.6. The number of para-hydroxylation sites is 1. The van der Waals surface area contributed by atoms with Gasteiger partial charge < -0.3 is 20.2 Å². The van der Waals surface area contributed by atoms with E-state index in [1.54, 1.807) is 0 Å². The highest BCUT2D eigenvalue weighted by molar-refractivity contribution is 5.84. The average molecular weight is 330 g/mol. The van der Waals surface area contributed by atoms with Gasteiger partial charge in [0.15, 0.2) is 0 Å². The normalized spacial score (nSPS) is 22.2. The summed E-state index contributed by atoms with van der Waals surface area (Å²) in [5.74, 6) is 0.956. The van der Waals surface area contributed by atoms with E-state index in [1.165, 1.54) is 0 Å². The summed E-state index contributed by atoms with van der Waals surface area (Å²) < 4.78 is 11.8. The molecule has 3 N–H and O–H groups in total. The van der Waals surface area contributed by atoms with E-state index >= 15 is 0 Å². The summed E-state index contributed by atoms with van der Waals surface area (Å²) in [5.41, 5.74) is 7.56. The standard InChI is InChI=1S/C19H26N2O3/c1-11(2)17(21-19(22)16-9-8-13(10-20)23-16)18-12(3)14-6-4-5-7-15(14)24-18/h4-7,11,13,16-17H,8-10,20H2,1-3H3,(H,21,22)/t13-,16+,17?/m1/s1. The van der Waals surface area contributed by atoms with Gasteiger partial charge in [-0.2, -0.15) is 0 Å². The zero-order valence-corrected chi connectivity index (χ0v) is 14.5. The van der Waals surface area contributed by atoms with Gasteiger partial charge in [0.1, 0.15) is 17.4 Å². The number of fused-ring (bicyclic) bond motifs is 1. The predicted octanol–water partition coefficient (Wildman–Crippen LogP) is 3.06. The Bertz CT molecular complexity index is 722. The maximum Gasteiger partial charge on any atom is 0.249 e. The van der Waals surface area contributed by atoms with E-state index < -0.39 is 6.10 Å². The number of carbonyl (C=O) groups excluding carboxylic acids is 1. The van der Waals surface area contributed by atoms with Crippen LogP contribution >= 0.6 is 0 Å². The molecule has 5 nitrogen and oxygen atoms in total. The Kier molecular flexibility index (Phi) is 4.92. The van der Waals surface area contributed by atoms with Crippen molar-refractivity contribution in [3.63, 3.8) is 0 Å². The molecule has 24 heavy (non-hydrogen) atoms. The molecule has 1 saturated heterocycles. The molecule has 1 amide bonds. The molecule has 1 aromatic carbocycles. The van der Waals surface area contributed by atoms with E-state index in [1.807, 2.05) is 31.2 Å². The van der Waals surface area contributed by atoms with Gasteiger partial charge in [0, 0.05) is 17.5 Å². The molecule has 0 aliphatic carbocycles. The van der Waals surface area contributed by atoms with Crippen LogP contribution in [0.4, 0.5) is 0 Å². The SMILES string of the molecule is Cc1c(C(NC(=O)[C@@H]2CC[C@H](CN)O2)C(C)C)oc2ccccc12. The van der Waals surface area contributed by atoms with Crippen LogP contribution in [0.5, 0.6) is 0 Å². The van der Waals surface area contributed by atoms with Crippen molar-refractivity contribution in [3.8, 4) is 0 Å². The summed E-state index contributed by atoms with van der Waals surface area (Å²) in [6.45, 7) is 6.66. The van der Waals surface area contributed by atoms with Gasteiger partial charge in [-0.05, 0) is 31.7 Å². The summed E-state index contributed by atoms with van der Waals surface area (Å²) in [6.07, 6.45) is 1.14. The van der Waals surface area contributed by atoms with Gasteiger partial charge in [-0.15, -0.1) is 0 Å². The number of nitrogens with two attached hydrogens (primary N) is 1. The molecule has 1 fully saturated rings. The number of rotatable bonds is 5. The third-order valence-corrected chi connectivity index (χ3v) is 4.79. The number of nitrogens with one attached hydrogen (secondary N) is 1. The van der Waals surface area contributed by atoms with Crippen molar-refractivity contribution in [1.29, 1.82) is 0 Å². The minimum atomic E-state index is -0.413. The molecular weight excluding hydrogens is 304 g/mol. The molecule has 0 spiro atoms. The van der Waals surface area contributed by atoms with Crippen LogP contribution in [-0.2, 0) is 9.53 Å². The third kappa shape index (κ3) is 3.19. The van der Waals surface area contributed by atoms with E-state index in [9.17, 15) is 4.79 Å². The van der Waals surface area contributed by atoms with Crippen molar-refractivity contribution in [2.75, 3.05) is 6.54 Å². The first-order valence-corrected chi connectivity index (χ1v) is 8.65.